The van der Waals surface area contributed by atoms with Crippen molar-refractivity contribution in [2.75, 3.05) is 0 Å². The summed E-state index contributed by atoms with van der Waals surface area (Å²) < 4.78 is 7.42. The minimum Gasteiger partial charge on any atom is -0.443 e. The van der Waals surface area contributed by atoms with Crippen LogP contribution in [-0.4, -0.2) is 27.0 Å². The molecule has 0 aliphatic heterocycles. The third kappa shape index (κ3) is 3.27. The standard InChI is InChI=1S/C17H15BrN2O3S/c1-17(2,3)23-16(22)20-8-11(10-6-4-5-7-12(10)20)14(21)15-19-13(18)9-24-15/h4-9H,1-3H3. The van der Waals surface area contributed by atoms with E-state index in [0.717, 1.165) is 0 Å². The highest BCUT2D eigenvalue weighted by molar-refractivity contribution is 9.10. The maximum absolute atomic E-state index is 12.8. The first-order valence-electron chi connectivity index (χ1n) is 7.25. The Morgan fingerprint density at radius 1 is 1.25 bits per heavy atom. The first kappa shape index (κ1) is 16.9. The number of ether oxygens (including phenoxy) is 1. The fraction of sp³-hybridized carbons (Fsp3) is 0.235. The van der Waals surface area contributed by atoms with E-state index in [2.05, 4.69) is 20.9 Å². The second-order valence-corrected chi connectivity index (χ2v) is 7.89. The molecule has 0 N–H and O–H groups in total. The maximum atomic E-state index is 12.8. The van der Waals surface area contributed by atoms with Crippen LogP contribution in [0.15, 0.2) is 40.4 Å². The van der Waals surface area contributed by atoms with Gasteiger partial charge in [0, 0.05) is 17.0 Å². The normalized spacial score (nSPS) is 11.7. The molecule has 2 aromatic heterocycles. The van der Waals surface area contributed by atoms with E-state index < -0.39 is 11.7 Å². The first-order valence-corrected chi connectivity index (χ1v) is 8.93. The van der Waals surface area contributed by atoms with E-state index in [9.17, 15) is 9.59 Å². The number of thiazole rings is 1. The van der Waals surface area contributed by atoms with Crippen LogP contribution < -0.4 is 0 Å². The maximum Gasteiger partial charge on any atom is 0.419 e. The molecule has 1 aromatic carbocycles. The molecule has 5 nitrogen and oxygen atoms in total. The van der Waals surface area contributed by atoms with Crippen molar-refractivity contribution in [3.63, 3.8) is 0 Å². The lowest BCUT2D eigenvalue weighted by Crippen LogP contribution is -2.26. The summed E-state index contributed by atoms with van der Waals surface area (Å²) in [6, 6.07) is 7.24. The van der Waals surface area contributed by atoms with E-state index in [4.69, 9.17) is 4.74 Å². The van der Waals surface area contributed by atoms with Gasteiger partial charge in [-0.25, -0.2) is 9.78 Å². The Balaban J connectivity index is 2.10. The summed E-state index contributed by atoms with van der Waals surface area (Å²) in [4.78, 5) is 29.4. The highest BCUT2D eigenvalue weighted by Gasteiger charge is 2.24. The Morgan fingerprint density at radius 2 is 1.96 bits per heavy atom. The van der Waals surface area contributed by atoms with Crippen molar-refractivity contribution in [3.05, 3.63) is 51.0 Å². The van der Waals surface area contributed by atoms with Crippen LogP contribution in [0.2, 0.25) is 0 Å². The average molecular weight is 407 g/mol. The van der Waals surface area contributed by atoms with Crippen LogP contribution in [0.4, 0.5) is 4.79 Å². The van der Waals surface area contributed by atoms with Crippen LogP contribution in [0.3, 0.4) is 0 Å². The molecule has 0 aliphatic rings. The van der Waals surface area contributed by atoms with Gasteiger partial charge in [0.15, 0.2) is 5.01 Å². The van der Waals surface area contributed by atoms with Crippen LogP contribution in [0.1, 0.15) is 36.1 Å². The number of halogens is 1. The molecule has 0 spiro atoms. The number of carbonyl (C=O) groups excluding carboxylic acids is 2. The Labute approximate surface area is 151 Å². The number of ketones is 1. The molecule has 0 radical (unpaired) electrons. The zero-order valence-electron chi connectivity index (χ0n) is 13.4. The number of fused-ring (bicyclic) bond motifs is 1. The Bertz CT molecular complexity index is 937. The van der Waals surface area contributed by atoms with Gasteiger partial charge in [-0.3, -0.25) is 9.36 Å². The lowest BCUT2D eigenvalue weighted by molar-refractivity contribution is 0.0544. The number of aromatic nitrogens is 2. The van der Waals surface area contributed by atoms with E-state index in [-0.39, 0.29) is 5.78 Å². The summed E-state index contributed by atoms with van der Waals surface area (Å²) in [5.41, 5.74) is 0.441. The molecule has 0 amide bonds. The van der Waals surface area contributed by atoms with Gasteiger partial charge in [0.1, 0.15) is 10.2 Å². The summed E-state index contributed by atoms with van der Waals surface area (Å²) in [6.07, 6.45) is 1.01. The molecular formula is C17H15BrN2O3S. The summed E-state index contributed by atoms with van der Waals surface area (Å²) in [6.45, 7) is 5.40. The summed E-state index contributed by atoms with van der Waals surface area (Å²) in [5, 5.41) is 2.81. The summed E-state index contributed by atoms with van der Waals surface area (Å²) in [7, 11) is 0. The van der Waals surface area contributed by atoms with Crippen molar-refractivity contribution in [1.82, 2.24) is 9.55 Å². The third-order valence-corrected chi connectivity index (χ3v) is 4.77. The van der Waals surface area contributed by atoms with Crippen molar-refractivity contribution in [3.8, 4) is 0 Å². The van der Waals surface area contributed by atoms with Gasteiger partial charge in [-0.1, -0.05) is 18.2 Å². The number of rotatable bonds is 2. The largest absolute Gasteiger partial charge is 0.443 e. The number of hydrogen-bond acceptors (Lipinski definition) is 5. The molecular weight excluding hydrogens is 392 g/mol. The first-order chi connectivity index (χ1) is 11.3. The molecule has 124 valence electrons. The fourth-order valence-corrected chi connectivity index (χ4v) is 3.50. The van der Waals surface area contributed by atoms with Gasteiger partial charge in [0.05, 0.1) is 11.1 Å². The van der Waals surface area contributed by atoms with Crippen LogP contribution in [0.5, 0.6) is 0 Å². The van der Waals surface area contributed by atoms with E-state index >= 15 is 0 Å². The van der Waals surface area contributed by atoms with Gasteiger partial charge in [0.25, 0.3) is 0 Å². The molecule has 0 bridgehead atoms. The number of hydrogen-bond donors (Lipinski definition) is 0. The lowest BCUT2D eigenvalue weighted by Gasteiger charge is -2.19. The fourth-order valence-electron chi connectivity index (χ4n) is 2.30. The smallest absolute Gasteiger partial charge is 0.419 e. The number of para-hydroxylation sites is 1. The van der Waals surface area contributed by atoms with Crippen molar-refractivity contribution in [2.24, 2.45) is 0 Å². The van der Waals surface area contributed by atoms with E-state index in [1.807, 2.05) is 18.2 Å². The van der Waals surface area contributed by atoms with Crippen LogP contribution >= 0.6 is 27.3 Å². The lowest BCUT2D eigenvalue weighted by atomic mass is 10.1. The SMILES string of the molecule is CC(C)(C)OC(=O)n1cc(C(=O)c2nc(Br)cs2)c2ccccc21. The molecule has 24 heavy (non-hydrogen) atoms. The molecule has 0 saturated heterocycles. The number of carbonyl (C=O) groups is 2. The molecule has 7 heteroatoms. The summed E-state index contributed by atoms with van der Waals surface area (Å²) >= 11 is 4.51. The Hall–Kier alpha value is -1.99. The van der Waals surface area contributed by atoms with E-state index in [0.29, 0.717) is 26.1 Å². The molecule has 2 heterocycles. The van der Waals surface area contributed by atoms with E-state index in [1.165, 1.54) is 22.1 Å². The van der Waals surface area contributed by atoms with Crippen molar-refractivity contribution < 1.29 is 14.3 Å². The summed E-state index contributed by atoms with van der Waals surface area (Å²) in [5.74, 6) is -0.218. The van der Waals surface area contributed by atoms with Gasteiger partial charge < -0.3 is 4.74 Å². The predicted molar refractivity (Wildman–Crippen MR) is 96.8 cm³/mol. The zero-order chi connectivity index (χ0) is 17.5. The molecule has 3 aromatic rings. The molecule has 0 unspecified atom stereocenters. The van der Waals surface area contributed by atoms with Gasteiger partial charge in [0.2, 0.25) is 5.78 Å². The Morgan fingerprint density at radius 3 is 2.58 bits per heavy atom. The molecule has 3 rings (SSSR count). The molecule has 0 aliphatic carbocycles. The molecule has 0 atom stereocenters. The minimum atomic E-state index is -0.618. The highest BCUT2D eigenvalue weighted by atomic mass is 79.9. The van der Waals surface area contributed by atoms with Crippen LogP contribution in [0.25, 0.3) is 10.9 Å². The number of benzene rings is 1. The highest BCUT2D eigenvalue weighted by Crippen LogP contribution is 2.26. The van der Waals surface area contributed by atoms with Gasteiger partial charge in [-0.05, 0) is 42.8 Å². The van der Waals surface area contributed by atoms with Crippen LogP contribution in [-0.2, 0) is 4.74 Å². The molecule has 0 saturated carbocycles. The van der Waals surface area contributed by atoms with E-state index in [1.54, 1.807) is 32.2 Å². The third-order valence-electron chi connectivity index (χ3n) is 3.22. The quantitative estimate of drug-likeness (QED) is 0.569. The molecule has 0 fully saturated rings. The predicted octanol–water partition coefficient (Wildman–Crippen LogP) is 4.87. The Kier molecular flexibility index (Phi) is 4.31. The van der Waals surface area contributed by atoms with Gasteiger partial charge in [-0.15, -0.1) is 11.3 Å². The van der Waals surface area contributed by atoms with Gasteiger partial charge >= 0.3 is 6.09 Å². The topological polar surface area (TPSA) is 61.2 Å². The van der Waals surface area contributed by atoms with Crippen molar-refractivity contribution >= 4 is 50.0 Å². The zero-order valence-corrected chi connectivity index (χ0v) is 15.8. The van der Waals surface area contributed by atoms with Crippen molar-refractivity contribution in [2.45, 2.75) is 26.4 Å². The monoisotopic (exact) mass is 406 g/mol. The van der Waals surface area contributed by atoms with Crippen molar-refractivity contribution in [1.29, 1.82) is 0 Å². The average Bonchev–Trinajstić information content (AvgIpc) is 3.09. The van der Waals surface area contributed by atoms with Gasteiger partial charge in [-0.2, -0.15) is 0 Å². The number of nitrogens with zero attached hydrogens (tertiary/aromatic N) is 2. The second-order valence-electron chi connectivity index (χ2n) is 6.21. The minimum absolute atomic E-state index is 0.218. The van der Waals surface area contributed by atoms with Crippen LogP contribution in [0, 0.1) is 0 Å². The second kappa shape index (κ2) is 6.14.